The average Bonchev–Trinajstić information content (AvgIpc) is 3.06. The second-order valence-electron chi connectivity index (χ2n) is 5.80. The molecule has 3 heterocycles. The number of morpholine rings is 1. The first-order chi connectivity index (χ1) is 10.6. The van der Waals surface area contributed by atoms with Gasteiger partial charge in [-0.25, -0.2) is 0 Å². The van der Waals surface area contributed by atoms with E-state index in [-0.39, 0.29) is 24.0 Å². The molecule has 1 aromatic heterocycles. The minimum atomic E-state index is -0.302. The molecule has 2 aliphatic rings. The summed E-state index contributed by atoms with van der Waals surface area (Å²) in [6.45, 7) is 6.33. The van der Waals surface area contributed by atoms with Crippen molar-refractivity contribution < 1.29 is 14.3 Å². The van der Waals surface area contributed by atoms with Gasteiger partial charge >= 0.3 is 0 Å². The van der Waals surface area contributed by atoms with E-state index < -0.39 is 0 Å². The van der Waals surface area contributed by atoms with Crippen molar-refractivity contribution in [1.82, 2.24) is 9.80 Å². The normalized spacial score (nSPS) is 21.2. The first-order valence-electron chi connectivity index (χ1n) is 7.49. The number of amides is 2. The Morgan fingerprint density at radius 1 is 1.45 bits per heavy atom. The monoisotopic (exact) mass is 320 g/mol. The highest BCUT2D eigenvalue weighted by Gasteiger charge is 2.42. The van der Waals surface area contributed by atoms with Gasteiger partial charge in [-0.3, -0.25) is 9.59 Å². The Labute approximate surface area is 134 Å². The number of carbonyl (C=O) groups excluding carboxylic acids is 2. The number of hydrogen-bond donors (Lipinski definition) is 0. The molecule has 1 spiro atoms. The van der Waals surface area contributed by atoms with Gasteiger partial charge in [-0.2, -0.15) is 0 Å². The highest BCUT2D eigenvalue weighted by molar-refractivity contribution is 7.12. The van der Waals surface area contributed by atoms with Crippen LogP contribution < -0.4 is 0 Å². The molecule has 0 saturated carbocycles. The lowest BCUT2D eigenvalue weighted by atomic mass is 9.89. The third-order valence-corrected chi connectivity index (χ3v) is 5.23. The maximum atomic E-state index is 12.4. The van der Waals surface area contributed by atoms with E-state index in [1.807, 2.05) is 22.4 Å². The second kappa shape index (κ2) is 6.22. The number of carbonyl (C=O) groups is 2. The van der Waals surface area contributed by atoms with Crippen molar-refractivity contribution >= 4 is 23.2 Å². The number of ether oxygens (including phenoxy) is 1. The summed E-state index contributed by atoms with van der Waals surface area (Å²) in [6.07, 6.45) is 3.28. The molecule has 0 aromatic carbocycles. The van der Waals surface area contributed by atoms with Gasteiger partial charge in [0.2, 0.25) is 5.91 Å². The van der Waals surface area contributed by atoms with Crippen LogP contribution in [0.2, 0.25) is 0 Å². The molecule has 2 aliphatic heterocycles. The molecule has 6 heteroatoms. The zero-order valence-corrected chi connectivity index (χ0v) is 13.3. The molecule has 2 fully saturated rings. The quantitative estimate of drug-likeness (QED) is 0.798. The van der Waals surface area contributed by atoms with Crippen LogP contribution in [0.1, 0.15) is 22.5 Å². The molecule has 2 saturated heterocycles. The predicted molar refractivity (Wildman–Crippen MR) is 84.9 cm³/mol. The average molecular weight is 320 g/mol. The fraction of sp³-hybridized carbons (Fsp3) is 0.500. The number of hydrogen-bond acceptors (Lipinski definition) is 4. The molecule has 5 nitrogen and oxygen atoms in total. The van der Waals surface area contributed by atoms with E-state index in [1.165, 1.54) is 11.3 Å². The van der Waals surface area contributed by atoms with Gasteiger partial charge in [0.05, 0.1) is 17.0 Å². The Morgan fingerprint density at radius 2 is 2.23 bits per heavy atom. The van der Waals surface area contributed by atoms with E-state index in [4.69, 9.17) is 4.74 Å². The van der Waals surface area contributed by atoms with E-state index in [1.54, 1.807) is 11.0 Å². The maximum Gasteiger partial charge on any atom is 0.263 e. The van der Waals surface area contributed by atoms with Gasteiger partial charge in [-0.05, 0) is 24.3 Å². The highest BCUT2D eigenvalue weighted by Crippen LogP contribution is 2.31. The van der Waals surface area contributed by atoms with Gasteiger partial charge in [0.25, 0.3) is 5.91 Å². The molecule has 0 aliphatic carbocycles. The Morgan fingerprint density at radius 3 is 2.86 bits per heavy atom. The third-order valence-electron chi connectivity index (χ3n) is 4.38. The fourth-order valence-corrected chi connectivity index (χ4v) is 3.78. The number of rotatable bonds is 3. The summed E-state index contributed by atoms with van der Waals surface area (Å²) in [5.41, 5.74) is -0.302. The Bertz CT molecular complexity index is 562. The van der Waals surface area contributed by atoms with E-state index in [9.17, 15) is 9.59 Å². The van der Waals surface area contributed by atoms with Crippen molar-refractivity contribution in [3.63, 3.8) is 0 Å². The summed E-state index contributed by atoms with van der Waals surface area (Å²) < 4.78 is 5.85. The first kappa shape index (κ1) is 15.2. The van der Waals surface area contributed by atoms with Crippen LogP contribution in [0.5, 0.6) is 0 Å². The van der Waals surface area contributed by atoms with E-state index in [0.29, 0.717) is 26.2 Å². The minimum absolute atomic E-state index is 0.0163. The van der Waals surface area contributed by atoms with E-state index >= 15 is 0 Å². The lowest BCUT2D eigenvalue weighted by Crippen LogP contribution is -2.59. The largest absolute Gasteiger partial charge is 0.363 e. The van der Waals surface area contributed by atoms with Crippen molar-refractivity contribution in [3.05, 3.63) is 35.0 Å². The fourth-order valence-electron chi connectivity index (χ4n) is 3.09. The van der Waals surface area contributed by atoms with Crippen LogP contribution in [-0.2, 0) is 9.53 Å². The van der Waals surface area contributed by atoms with E-state index in [0.717, 1.165) is 17.7 Å². The SMILES string of the molecule is C=CCN1CC2(CCN(C(=O)c3cccs3)CC2)OCC1=O. The van der Waals surface area contributed by atoms with Crippen LogP contribution in [0, 0.1) is 0 Å². The smallest absolute Gasteiger partial charge is 0.263 e. The first-order valence-corrected chi connectivity index (χ1v) is 8.37. The molecule has 1 aromatic rings. The van der Waals surface area contributed by atoms with Crippen LogP contribution in [0.3, 0.4) is 0 Å². The van der Waals surface area contributed by atoms with Gasteiger partial charge in [-0.1, -0.05) is 12.1 Å². The topological polar surface area (TPSA) is 49.9 Å². The zero-order chi connectivity index (χ0) is 15.6. The van der Waals surface area contributed by atoms with Crippen molar-refractivity contribution in [2.45, 2.75) is 18.4 Å². The Hall–Kier alpha value is -1.66. The molecule has 0 radical (unpaired) electrons. The van der Waals surface area contributed by atoms with Crippen molar-refractivity contribution in [2.75, 3.05) is 32.8 Å². The molecule has 3 rings (SSSR count). The van der Waals surface area contributed by atoms with Crippen molar-refractivity contribution in [2.24, 2.45) is 0 Å². The van der Waals surface area contributed by atoms with Crippen LogP contribution in [0.4, 0.5) is 0 Å². The molecule has 22 heavy (non-hydrogen) atoms. The molecule has 0 N–H and O–H groups in total. The standard InChI is InChI=1S/C16H20N2O3S/c1-2-7-18-12-16(21-11-14(18)19)5-8-17(9-6-16)15(20)13-4-3-10-22-13/h2-4,10H,1,5-9,11-12H2. The van der Waals surface area contributed by atoms with E-state index in [2.05, 4.69) is 6.58 Å². The molecule has 0 bridgehead atoms. The summed E-state index contributed by atoms with van der Waals surface area (Å²) in [5.74, 6) is 0.113. The Kier molecular flexibility index (Phi) is 4.31. The van der Waals surface area contributed by atoms with Gasteiger partial charge in [0.15, 0.2) is 0 Å². The lowest BCUT2D eigenvalue weighted by Gasteiger charge is -2.46. The third kappa shape index (κ3) is 2.94. The van der Waals surface area contributed by atoms with Gasteiger partial charge in [0, 0.05) is 19.6 Å². The lowest BCUT2D eigenvalue weighted by molar-refractivity contribution is -0.169. The molecule has 2 amide bonds. The number of nitrogens with zero attached hydrogens (tertiary/aromatic N) is 2. The molecule has 118 valence electrons. The van der Waals surface area contributed by atoms with Crippen LogP contribution in [-0.4, -0.2) is 60.0 Å². The summed E-state index contributed by atoms with van der Waals surface area (Å²) in [7, 11) is 0. The number of likely N-dealkylation sites (tertiary alicyclic amines) is 1. The summed E-state index contributed by atoms with van der Waals surface area (Å²) >= 11 is 1.47. The van der Waals surface area contributed by atoms with Crippen molar-refractivity contribution in [3.8, 4) is 0 Å². The predicted octanol–water partition coefficient (Wildman–Crippen LogP) is 1.77. The van der Waals surface area contributed by atoms with Crippen LogP contribution >= 0.6 is 11.3 Å². The summed E-state index contributed by atoms with van der Waals surface area (Å²) in [5, 5.41) is 1.92. The number of piperidine rings is 1. The van der Waals surface area contributed by atoms with Gasteiger partial charge in [-0.15, -0.1) is 17.9 Å². The molecular weight excluding hydrogens is 300 g/mol. The minimum Gasteiger partial charge on any atom is -0.363 e. The van der Waals surface area contributed by atoms with Crippen LogP contribution in [0.15, 0.2) is 30.2 Å². The Balaban J connectivity index is 1.62. The highest BCUT2D eigenvalue weighted by atomic mass is 32.1. The van der Waals surface area contributed by atoms with Gasteiger partial charge in [0.1, 0.15) is 6.61 Å². The molecular formula is C16H20N2O3S. The van der Waals surface area contributed by atoms with Crippen LogP contribution in [0.25, 0.3) is 0 Å². The maximum absolute atomic E-state index is 12.4. The summed E-state index contributed by atoms with van der Waals surface area (Å²) in [6, 6.07) is 3.76. The molecule has 0 unspecified atom stereocenters. The summed E-state index contributed by atoms with van der Waals surface area (Å²) in [4.78, 5) is 28.7. The molecule has 0 atom stereocenters. The second-order valence-corrected chi connectivity index (χ2v) is 6.75. The van der Waals surface area contributed by atoms with Gasteiger partial charge < -0.3 is 14.5 Å². The van der Waals surface area contributed by atoms with Crippen molar-refractivity contribution in [1.29, 1.82) is 0 Å². The zero-order valence-electron chi connectivity index (χ0n) is 12.5. The number of thiophene rings is 1.